The van der Waals surface area contributed by atoms with Crippen molar-refractivity contribution in [2.75, 3.05) is 20.3 Å². The maximum Gasteiger partial charge on any atom is 0.0589 e. The van der Waals surface area contributed by atoms with Crippen LogP contribution in [0.5, 0.6) is 0 Å². The summed E-state index contributed by atoms with van der Waals surface area (Å²) in [4.78, 5) is 2.66. The van der Waals surface area contributed by atoms with Crippen molar-refractivity contribution >= 4 is 0 Å². The van der Waals surface area contributed by atoms with Crippen molar-refractivity contribution in [3.8, 4) is 0 Å². The number of ether oxygens (including phenoxy) is 1. The fourth-order valence-electron chi connectivity index (χ4n) is 3.89. The molecular formula is C17H33NO2. The number of aliphatic hydroxyl groups excluding tert-OH is 1. The predicted octanol–water partition coefficient (Wildman–Crippen LogP) is 3.06. The Morgan fingerprint density at radius 1 is 1.20 bits per heavy atom. The molecule has 2 rings (SSSR count). The van der Waals surface area contributed by atoms with Crippen LogP contribution >= 0.6 is 0 Å². The minimum Gasteiger partial charge on any atom is -0.393 e. The summed E-state index contributed by atoms with van der Waals surface area (Å²) in [7, 11) is 1.79. The van der Waals surface area contributed by atoms with Crippen LogP contribution in [0.3, 0.4) is 0 Å². The molecule has 2 aliphatic carbocycles. The van der Waals surface area contributed by atoms with E-state index in [2.05, 4.69) is 25.7 Å². The van der Waals surface area contributed by atoms with Gasteiger partial charge in [0.15, 0.2) is 0 Å². The summed E-state index contributed by atoms with van der Waals surface area (Å²) in [6, 6.07) is 1.28. The maximum atomic E-state index is 10.2. The van der Waals surface area contributed by atoms with Gasteiger partial charge in [0.1, 0.15) is 0 Å². The monoisotopic (exact) mass is 283 g/mol. The first-order chi connectivity index (χ1) is 9.49. The first kappa shape index (κ1) is 16.3. The number of hydrogen-bond donors (Lipinski definition) is 1. The van der Waals surface area contributed by atoms with E-state index in [1.54, 1.807) is 7.11 Å². The third-order valence-electron chi connectivity index (χ3n) is 5.70. The minimum absolute atomic E-state index is 0.104. The molecule has 0 heterocycles. The van der Waals surface area contributed by atoms with Crippen molar-refractivity contribution in [1.29, 1.82) is 0 Å². The van der Waals surface area contributed by atoms with Gasteiger partial charge in [0, 0.05) is 25.7 Å². The van der Waals surface area contributed by atoms with Gasteiger partial charge < -0.3 is 9.84 Å². The van der Waals surface area contributed by atoms with Crippen LogP contribution in [0, 0.1) is 11.3 Å². The molecule has 118 valence electrons. The van der Waals surface area contributed by atoms with Crippen LogP contribution in [0.25, 0.3) is 0 Å². The highest BCUT2D eigenvalue weighted by atomic mass is 16.5. The molecule has 1 N–H and O–H groups in total. The zero-order valence-electron chi connectivity index (χ0n) is 13.8. The van der Waals surface area contributed by atoms with Crippen LogP contribution in [0.4, 0.5) is 0 Å². The molecule has 3 unspecified atom stereocenters. The highest BCUT2D eigenvalue weighted by Gasteiger charge is 2.44. The highest BCUT2D eigenvalue weighted by Crippen LogP contribution is 2.45. The molecule has 0 bridgehead atoms. The molecule has 0 aromatic carbocycles. The van der Waals surface area contributed by atoms with Gasteiger partial charge in [-0.15, -0.1) is 0 Å². The molecule has 0 aliphatic heterocycles. The van der Waals surface area contributed by atoms with E-state index in [4.69, 9.17) is 4.74 Å². The molecule has 3 nitrogen and oxygen atoms in total. The molecule has 2 fully saturated rings. The van der Waals surface area contributed by atoms with Crippen LogP contribution in [0.15, 0.2) is 0 Å². The van der Waals surface area contributed by atoms with Gasteiger partial charge in [0.25, 0.3) is 0 Å². The Kier molecular flexibility index (Phi) is 5.49. The van der Waals surface area contributed by atoms with Gasteiger partial charge in [-0.05, 0) is 43.4 Å². The van der Waals surface area contributed by atoms with Gasteiger partial charge in [0.2, 0.25) is 0 Å². The lowest BCUT2D eigenvalue weighted by Crippen LogP contribution is -2.52. The lowest BCUT2D eigenvalue weighted by molar-refractivity contribution is -0.0282. The Bertz CT molecular complexity index is 301. The van der Waals surface area contributed by atoms with Crippen molar-refractivity contribution in [1.82, 2.24) is 4.90 Å². The Hall–Kier alpha value is -0.120. The second-order valence-corrected chi connectivity index (χ2v) is 7.44. The summed E-state index contributed by atoms with van der Waals surface area (Å²) in [5, 5.41) is 10.2. The molecule has 0 aromatic heterocycles. The summed E-state index contributed by atoms with van der Waals surface area (Å²) >= 11 is 0. The topological polar surface area (TPSA) is 32.7 Å². The van der Waals surface area contributed by atoms with Gasteiger partial charge in [0.05, 0.1) is 12.7 Å². The van der Waals surface area contributed by atoms with Crippen molar-refractivity contribution in [3.63, 3.8) is 0 Å². The molecular weight excluding hydrogens is 250 g/mol. The van der Waals surface area contributed by atoms with Crippen molar-refractivity contribution in [2.24, 2.45) is 11.3 Å². The first-order valence-electron chi connectivity index (χ1n) is 8.42. The van der Waals surface area contributed by atoms with E-state index in [9.17, 15) is 5.11 Å². The molecule has 0 amide bonds. The van der Waals surface area contributed by atoms with Crippen molar-refractivity contribution < 1.29 is 9.84 Å². The second kappa shape index (κ2) is 6.76. The SMILES string of the molecule is CCC(C)(C)C1CCC(O)CC1N(CCOC)C1CC1. The summed E-state index contributed by atoms with van der Waals surface area (Å²) in [5.74, 6) is 0.702. The summed E-state index contributed by atoms with van der Waals surface area (Å²) in [6.07, 6.45) is 6.87. The smallest absolute Gasteiger partial charge is 0.0589 e. The van der Waals surface area contributed by atoms with E-state index in [1.807, 2.05) is 0 Å². The van der Waals surface area contributed by atoms with E-state index in [0.29, 0.717) is 17.4 Å². The average molecular weight is 283 g/mol. The fraction of sp³-hybridized carbons (Fsp3) is 1.00. The zero-order valence-corrected chi connectivity index (χ0v) is 13.8. The second-order valence-electron chi connectivity index (χ2n) is 7.44. The Balaban J connectivity index is 2.12. The molecule has 3 heteroatoms. The Morgan fingerprint density at radius 2 is 1.90 bits per heavy atom. The summed E-state index contributed by atoms with van der Waals surface area (Å²) in [6.45, 7) is 8.95. The van der Waals surface area contributed by atoms with Gasteiger partial charge in [-0.2, -0.15) is 0 Å². The zero-order chi connectivity index (χ0) is 14.8. The predicted molar refractivity (Wildman–Crippen MR) is 82.8 cm³/mol. The molecule has 20 heavy (non-hydrogen) atoms. The van der Waals surface area contributed by atoms with Gasteiger partial charge >= 0.3 is 0 Å². The fourth-order valence-corrected chi connectivity index (χ4v) is 3.89. The molecule has 0 aromatic rings. The normalized spacial score (nSPS) is 31.8. The highest BCUT2D eigenvalue weighted by molar-refractivity contribution is 4.98. The van der Waals surface area contributed by atoms with E-state index in [-0.39, 0.29) is 6.10 Å². The van der Waals surface area contributed by atoms with Crippen LogP contribution in [0.2, 0.25) is 0 Å². The molecule has 0 radical (unpaired) electrons. The molecule has 2 aliphatic rings. The Labute approximate surface area is 124 Å². The number of rotatable bonds is 7. The number of nitrogens with zero attached hydrogens (tertiary/aromatic N) is 1. The van der Waals surface area contributed by atoms with Crippen LogP contribution < -0.4 is 0 Å². The lowest BCUT2D eigenvalue weighted by atomic mass is 9.66. The van der Waals surface area contributed by atoms with Gasteiger partial charge in [-0.3, -0.25) is 4.90 Å². The van der Waals surface area contributed by atoms with Crippen LogP contribution in [-0.2, 0) is 4.74 Å². The number of aliphatic hydroxyl groups is 1. The van der Waals surface area contributed by atoms with E-state index >= 15 is 0 Å². The third kappa shape index (κ3) is 3.75. The third-order valence-corrected chi connectivity index (χ3v) is 5.70. The standard InChI is InChI=1S/C17H33NO2/c1-5-17(2,3)15-9-8-14(19)12-16(15)18(10-11-20-4)13-6-7-13/h13-16,19H,5-12H2,1-4H3. The van der Waals surface area contributed by atoms with E-state index in [0.717, 1.165) is 32.0 Å². The largest absolute Gasteiger partial charge is 0.393 e. The summed E-state index contributed by atoms with van der Waals surface area (Å²) in [5.41, 5.74) is 0.366. The lowest BCUT2D eigenvalue weighted by Gasteiger charge is -2.48. The first-order valence-corrected chi connectivity index (χ1v) is 8.42. The molecule has 0 saturated heterocycles. The van der Waals surface area contributed by atoms with Crippen molar-refractivity contribution in [3.05, 3.63) is 0 Å². The van der Waals surface area contributed by atoms with Crippen LogP contribution in [0.1, 0.15) is 59.3 Å². The maximum absolute atomic E-state index is 10.2. The molecule has 0 spiro atoms. The Morgan fingerprint density at radius 3 is 2.45 bits per heavy atom. The molecule has 3 atom stereocenters. The molecule has 2 saturated carbocycles. The number of methoxy groups -OCH3 is 1. The summed E-state index contributed by atoms with van der Waals surface area (Å²) < 4.78 is 5.31. The minimum atomic E-state index is -0.104. The van der Waals surface area contributed by atoms with Crippen molar-refractivity contribution in [2.45, 2.75) is 77.5 Å². The number of hydrogen-bond acceptors (Lipinski definition) is 3. The van der Waals surface area contributed by atoms with E-state index < -0.39 is 0 Å². The van der Waals surface area contributed by atoms with E-state index in [1.165, 1.54) is 25.7 Å². The quantitative estimate of drug-likeness (QED) is 0.779. The van der Waals surface area contributed by atoms with Crippen LogP contribution in [-0.4, -0.2) is 48.5 Å². The average Bonchev–Trinajstić information content (AvgIpc) is 3.24. The van der Waals surface area contributed by atoms with Gasteiger partial charge in [-0.1, -0.05) is 27.2 Å². The van der Waals surface area contributed by atoms with Gasteiger partial charge in [-0.25, -0.2) is 0 Å².